The van der Waals surface area contributed by atoms with Gasteiger partial charge in [-0.05, 0) is 72.4 Å². The van der Waals surface area contributed by atoms with Crippen LogP contribution in [0.1, 0.15) is 52.1 Å². The molecular weight excluding hydrogens is 349 g/mol. The Morgan fingerprint density at radius 1 is 1.26 bits per heavy atom. The molecule has 2 rings (SSSR count). The molecule has 4 heteroatoms. The van der Waals surface area contributed by atoms with Crippen LogP contribution in [0.15, 0.2) is 0 Å². The second-order valence-electron chi connectivity index (χ2n) is 7.05. The van der Waals surface area contributed by atoms with Crippen molar-refractivity contribution in [1.29, 1.82) is 0 Å². The zero-order valence-corrected chi connectivity index (χ0v) is 14.7. The summed E-state index contributed by atoms with van der Waals surface area (Å²) in [6.07, 6.45) is 5.34. The normalized spacial score (nSPS) is 24.7. The lowest BCUT2D eigenvalue weighted by atomic mass is 9.70. The van der Waals surface area contributed by atoms with Crippen molar-refractivity contribution in [1.82, 2.24) is 9.78 Å². The number of nitrogens with zero attached hydrogens (tertiary/aromatic N) is 2. The number of halogens is 1. The summed E-state index contributed by atoms with van der Waals surface area (Å²) < 4.78 is 3.13. The van der Waals surface area contributed by atoms with Gasteiger partial charge in [-0.1, -0.05) is 20.8 Å². The molecule has 0 bridgehead atoms. The summed E-state index contributed by atoms with van der Waals surface area (Å²) in [5.41, 5.74) is 7.63. The van der Waals surface area contributed by atoms with Crippen molar-refractivity contribution in [3.8, 4) is 0 Å². The predicted molar refractivity (Wildman–Crippen MR) is 89.0 cm³/mol. The number of rotatable bonds is 2. The topological polar surface area (TPSA) is 43.8 Å². The average molecular weight is 375 g/mol. The van der Waals surface area contributed by atoms with Crippen molar-refractivity contribution in [2.45, 2.75) is 59.9 Å². The molecule has 0 atom stereocenters. The summed E-state index contributed by atoms with van der Waals surface area (Å²) in [4.78, 5) is 0. The van der Waals surface area contributed by atoms with Gasteiger partial charge >= 0.3 is 0 Å². The van der Waals surface area contributed by atoms with Crippen LogP contribution in [-0.4, -0.2) is 9.78 Å². The third-order valence-corrected chi connectivity index (χ3v) is 5.93. The highest BCUT2D eigenvalue weighted by Gasteiger charge is 2.30. The third-order valence-electron chi connectivity index (χ3n) is 4.59. The van der Waals surface area contributed by atoms with Crippen molar-refractivity contribution < 1.29 is 0 Å². The summed E-state index contributed by atoms with van der Waals surface area (Å²) in [6, 6.07) is 0. The van der Waals surface area contributed by atoms with Crippen LogP contribution in [0, 0.1) is 27.7 Å². The van der Waals surface area contributed by atoms with Crippen LogP contribution in [0.25, 0.3) is 0 Å². The monoisotopic (exact) mass is 375 g/mol. The highest BCUT2D eigenvalue weighted by molar-refractivity contribution is 14.1. The molecule has 1 fully saturated rings. The van der Waals surface area contributed by atoms with E-state index in [9.17, 15) is 0 Å². The Balaban J connectivity index is 1.94. The number of hydrogen-bond donors (Lipinski definition) is 1. The molecule has 1 heterocycles. The van der Waals surface area contributed by atoms with Crippen LogP contribution in [0.5, 0.6) is 0 Å². The number of nitrogen functional groups attached to an aromatic ring is 1. The van der Waals surface area contributed by atoms with Gasteiger partial charge in [0.2, 0.25) is 0 Å². The van der Waals surface area contributed by atoms with Gasteiger partial charge < -0.3 is 5.73 Å². The minimum Gasteiger partial charge on any atom is -0.383 e. The molecule has 3 nitrogen and oxygen atoms in total. The lowest BCUT2D eigenvalue weighted by molar-refractivity contribution is 0.141. The summed E-state index contributed by atoms with van der Waals surface area (Å²) in [7, 11) is 0. The molecule has 1 aromatic heterocycles. The van der Waals surface area contributed by atoms with Crippen LogP contribution in [0.3, 0.4) is 0 Å². The van der Waals surface area contributed by atoms with E-state index in [2.05, 4.69) is 48.5 Å². The lowest BCUT2D eigenvalue weighted by Crippen LogP contribution is -2.27. The fraction of sp³-hybridized carbons (Fsp3) is 0.800. The van der Waals surface area contributed by atoms with Crippen LogP contribution in [0.4, 0.5) is 5.82 Å². The van der Waals surface area contributed by atoms with E-state index < -0.39 is 0 Å². The Morgan fingerprint density at radius 3 is 2.26 bits per heavy atom. The molecule has 0 unspecified atom stereocenters. The number of aromatic nitrogens is 2. The predicted octanol–water partition coefficient (Wildman–Crippen LogP) is 4.23. The SMILES string of the molecule is Cc1nn(CC2CCC(C(C)(C)C)CC2)c(N)c1I. The van der Waals surface area contributed by atoms with Gasteiger partial charge in [0.15, 0.2) is 0 Å². The maximum Gasteiger partial charge on any atom is 0.135 e. The molecule has 0 saturated heterocycles. The highest BCUT2D eigenvalue weighted by atomic mass is 127. The Kier molecular flexibility index (Phi) is 4.48. The molecule has 0 spiro atoms. The van der Waals surface area contributed by atoms with Gasteiger partial charge in [0.05, 0.1) is 9.26 Å². The van der Waals surface area contributed by atoms with E-state index in [0.717, 1.165) is 33.5 Å². The Morgan fingerprint density at radius 2 is 1.84 bits per heavy atom. The first-order valence-electron chi connectivity index (χ1n) is 7.27. The van der Waals surface area contributed by atoms with E-state index >= 15 is 0 Å². The van der Waals surface area contributed by atoms with Gasteiger partial charge in [0, 0.05) is 6.54 Å². The first-order chi connectivity index (χ1) is 8.79. The first-order valence-corrected chi connectivity index (χ1v) is 8.35. The molecule has 1 aliphatic rings. The van der Waals surface area contributed by atoms with E-state index in [4.69, 9.17) is 5.73 Å². The second kappa shape index (κ2) is 5.62. The van der Waals surface area contributed by atoms with Gasteiger partial charge in [-0.3, -0.25) is 0 Å². The first kappa shape index (κ1) is 15.1. The summed E-state index contributed by atoms with van der Waals surface area (Å²) in [5, 5.41) is 4.56. The van der Waals surface area contributed by atoms with Crippen molar-refractivity contribution >= 4 is 28.4 Å². The highest BCUT2D eigenvalue weighted by Crippen LogP contribution is 2.40. The fourth-order valence-electron chi connectivity index (χ4n) is 3.17. The quantitative estimate of drug-likeness (QED) is 0.787. The molecule has 0 aromatic carbocycles. The molecule has 2 N–H and O–H groups in total. The minimum absolute atomic E-state index is 0.460. The maximum atomic E-state index is 6.11. The second-order valence-corrected chi connectivity index (χ2v) is 8.13. The van der Waals surface area contributed by atoms with E-state index in [0.29, 0.717) is 5.41 Å². The number of hydrogen-bond acceptors (Lipinski definition) is 2. The van der Waals surface area contributed by atoms with Gasteiger partial charge in [-0.25, -0.2) is 4.68 Å². The molecule has 108 valence electrons. The fourth-order valence-corrected chi connectivity index (χ4v) is 3.56. The standard InChI is InChI=1S/C15H26IN3/c1-10-13(16)14(17)19(18-10)9-11-5-7-12(8-6-11)15(2,3)4/h11-12H,5-9,17H2,1-4H3. The van der Waals surface area contributed by atoms with E-state index in [1.54, 1.807) is 0 Å². The average Bonchev–Trinajstić information content (AvgIpc) is 2.57. The molecule has 1 saturated carbocycles. The van der Waals surface area contributed by atoms with Gasteiger partial charge in [0.1, 0.15) is 5.82 Å². The van der Waals surface area contributed by atoms with Gasteiger partial charge in [-0.15, -0.1) is 0 Å². The molecule has 0 amide bonds. The Labute approximate surface area is 130 Å². The van der Waals surface area contributed by atoms with E-state index in [1.807, 2.05) is 11.6 Å². The summed E-state index contributed by atoms with van der Waals surface area (Å²) in [5.74, 6) is 2.47. The molecule has 19 heavy (non-hydrogen) atoms. The van der Waals surface area contributed by atoms with Crippen LogP contribution < -0.4 is 5.73 Å². The lowest BCUT2D eigenvalue weighted by Gasteiger charge is -2.37. The van der Waals surface area contributed by atoms with Crippen LogP contribution >= 0.6 is 22.6 Å². The number of anilines is 1. The zero-order chi connectivity index (χ0) is 14.2. The molecule has 0 radical (unpaired) electrons. The Bertz CT molecular complexity index is 437. The van der Waals surface area contributed by atoms with Crippen LogP contribution in [-0.2, 0) is 6.54 Å². The minimum atomic E-state index is 0.460. The number of aryl methyl sites for hydroxylation is 1. The van der Waals surface area contributed by atoms with Crippen molar-refractivity contribution in [3.63, 3.8) is 0 Å². The van der Waals surface area contributed by atoms with Crippen molar-refractivity contribution in [3.05, 3.63) is 9.26 Å². The van der Waals surface area contributed by atoms with E-state index in [1.165, 1.54) is 25.7 Å². The third kappa shape index (κ3) is 3.44. The zero-order valence-electron chi connectivity index (χ0n) is 12.5. The molecule has 1 aromatic rings. The van der Waals surface area contributed by atoms with E-state index in [-0.39, 0.29) is 0 Å². The molecular formula is C15H26IN3. The van der Waals surface area contributed by atoms with Gasteiger partial charge in [-0.2, -0.15) is 5.10 Å². The van der Waals surface area contributed by atoms with Crippen molar-refractivity contribution in [2.75, 3.05) is 5.73 Å². The summed E-state index contributed by atoms with van der Waals surface area (Å²) >= 11 is 2.29. The van der Waals surface area contributed by atoms with Gasteiger partial charge in [0.25, 0.3) is 0 Å². The summed E-state index contributed by atoms with van der Waals surface area (Å²) in [6.45, 7) is 10.1. The molecule has 0 aliphatic heterocycles. The smallest absolute Gasteiger partial charge is 0.135 e. The maximum absolute atomic E-state index is 6.11. The largest absolute Gasteiger partial charge is 0.383 e. The number of nitrogens with two attached hydrogens (primary N) is 1. The Hall–Kier alpha value is -0.260. The molecule has 1 aliphatic carbocycles. The van der Waals surface area contributed by atoms with Crippen molar-refractivity contribution in [2.24, 2.45) is 17.3 Å². The van der Waals surface area contributed by atoms with Crippen LogP contribution in [0.2, 0.25) is 0 Å².